The number of rotatable bonds is 5. The summed E-state index contributed by atoms with van der Waals surface area (Å²) in [5, 5.41) is 4.48. The van der Waals surface area contributed by atoms with Gasteiger partial charge < -0.3 is 4.74 Å². The molecule has 2 unspecified atom stereocenters. The van der Waals surface area contributed by atoms with E-state index in [2.05, 4.69) is 10.00 Å². The summed E-state index contributed by atoms with van der Waals surface area (Å²) >= 11 is 8.44. The molecule has 0 saturated carbocycles. The molecule has 0 aromatic carbocycles. The van der Waals surface area contributed by atoms with Gasteiger partial charge in [-0.05, 0) is 32.3 Å². The number of morpholine rings is 1. The highest BCUT2D eigenvalue weighted by atomic mass is 32.2. The number of piperazine rings is 1. The van der Waals surface area contributed by atoms with Crippen molar-refractivity contribution >= 4 is 45.5 Å². The summed E-state index contributed by atoms with van der Waals surface area (Å²) in [4.78, 5) is 2.19. The summed E-state index contributed by atoms with van der Waals surface area (Å²) in [6, 6.07) is 0. The van der Waals surface area contributed by atoms with Crippen LogP contribution >= 0.6 is 35.3 Å². The predicted octanol–water partition coefficient (Wildman–Crippen LogP) is 1.33. The van der Waals surface area contributed by atoms with E-state index in [0.717, 1.165) is 8.29 Å². The molecule has 1 aromatic heterocycles. The normalized spacial score (nSPS) is 27.0. The molecule has 12 heteroatoms. The maximum absolute atomic E-state index is 12.9. The molecule has 0 spiro atoms. The van der Waals surface area contributed by atoms with Gasteiger partial charge in [0.15, 0.2) is 8.29 Å². The number of hydrogen-bond donors (Lipinski definition) is 0. The van der Waals surface area contributed by atoms with Crippen molar-refractivity contribution in [2.24, 2.45) is 0 Å². The van der Waals surface area contributed by atoms with Crippen LogP contribution in [0.5, 0.6) is 0 Å². The molecule has 0 amide bonds. The van der Waals surface area contributed by atoms with Gasteiger partial charge in [-0.2, -0.15) is 22.1 Å². The molecule has 148 valence electrons. The van der Waals surface area contributed by atoms with Crippen LogP contribution in [0.25, 0.3) is 0 Å². The first-order valence-electron chi connectivity index (χ1n) is 8.54. The Labute approximate surface area is 168 Å². The molecule has 8 nitrogen and oxygen atoms in total. The molecule has 2 atom stereocenters. The second kappa shape index (κ2) is 8.52. The van der Waals surface area contributed by atoms with Crippen LogP contribution in [0.3, 0.4) is 0 Å². The third-order valence-corrected chi connectivity index (χ3v) is 8.72. The smallest absolute Gasteiger partial charge is 0.282 e. The highest BCUT2D eigenvalue weighted by molar-refractivity contribution is 8.00. The van der Waals surface area contributed by atoms with Crippen molar-refractivity contribution in [3.8, 4) is 0 Å². The van der Waals surface area contributed by atoms with Gasteiger partial charge in [-0.3, -0.25) is 4.90 Å². The summed E-state index contributed by atoms with van der Waals surface area (Å²) < 4.78 is 38.2. The van der Waals surface area contributed by atoms with Crippen LogP contribution in [0.15, 0.2) is 4.34 Å². The van der Waals surface area contributed by atoms with Crippen LogP contribution in [-0.4, -0.2) is 89.4 Å². The van der Waals surface area contributed by atoms with Crippen LogP contribution < -0.4 is 0 Å². The molecule has 0 N–H and O–H groups in total. The summed E-state index contributed by atoms with van der Waals surface area (Å²) in [6.07, 6.45) is 1.83. The molecule has 26 heavy (non-hydrogen) atoms. The molecule has 2 saturated heterocycles. The minimum absolute atomic E-state index is 0.0769. The minimum atomic E-state index is -3.44. The zero-order valence-electron chi connectivity index (χ0n) is 15.2. The van der Waals surface area contributed by atoms with E-state index in [1.165, 1.54) is 11.3 Å². The van der Waals surface area contributed by atoms with Crippen LogP contribution in [0.1, 0.15) is 13.8 Å². The first-order valence-corrected chi connectivity index (χ1v) is 12.4. The maximum atomic E-state index is 12.9. The quantitative estimate of drug-likeness (QED) is 0.506. The van der Waals surface area contributed by atoms with E-state index in [1.807, 2.05) is 24.8 Å². The monoisotopic (exact) mass is 439 g/mol. The Bertz CT molecular complexity index is 762. The van der Waals surface area contributed by atoms with Crippen LogP contribution in [0.4, 0.5) is 0 Å². The van der Waals surface area contributed by atoms with Gasteiger partial charge in [-0.25, -0.2) is 4.68 Å². The Hall–Kier alpha value is -0.0800. The number of ether oxygens (including phenoxy) is 1. The van der Waals surface area contributed by atoms with Gasteiger partial charge in [-0.15, -0.1) is 0 Å². The molecule has 2 aliphatic heterocycles. The summed E-state index contributed by atoms with van der Waals surface area (Å²) in [7, 11) is -3.44. The topological polar surface area (TPSA) is 70.9 Å². The van der Waals surface area contributed by atoms with Crippen molar-refractivity contribution < 1.29 is 13.2 Å². The lowest BCUT2D eigenvalue weighted by atomic mass is 10.3. The van der Waals surface area contributed by atoms with E-state index < -0.39 is 10.2 Å². The van der Waals surface area contributed by atoms with E-state index in [9.17, 15) is 8.42 Å². The van der Waals surface area contributed by atoms with Crippen molar-refractivity contribution in [3.63, 3.8) is 0 Å². The van der Waals surface area contributed by atoms with Crippen LogP contribution in [-0.2, 0) is 21.6 Å². The minimum Gasteiger partial charge on any atom is -0.373 e. The number of nitrogens with zero attached hydrogens (tertiary/aromatic N) is 5. The summed E-state index contributed by atoms with van der Waals surface area (Å²) in [5.74, 6) is 0. The number of hydrogen-bond acceptors (Lipinski definition) is 8. The van der Waals surface area contributed by atoms with Crippen LogP contribution in [0.2, 0.25) is 0 Å². The van der Waals surface area contributed by atoms with E-state index in [4.69, 9.17) is 17.0 Å². The zero-order chi connectivity index (χ0) is 18.9. The van der Waals surface area contributed by atoms with Crippen molar-refractivity contribution in [3.05, 3.63) is 3.95 Å². The van der Waals surface area contributed by atoms with Crippen molar-refractivity contribution in [1.82, 2.24) is 23.3 Å². The molecule has 0 radical (unpaired) electrons. The molecule has 0 bridgehead atoms. The second-order valence-corrected chi connectivity index (χ2v) is 11.2. The standard InChI is InChI=1S/C14H25N5O3S4/c1-11-8-18(9-12(2)22-11)26(20,21)17-6-4-16(5-7-17)10-19-14(23)25-13(15-19)24-3/h11-12H,4-10H2,1-3H3. The highest BCUT2D eigenvalue weighted by Gasteiger charge is 2.36. The van der Waals surface area contributed by atoms with Gasteiger partial charge >= 0.3 is 0 Å². The largest absolute Gasteiger partial charge is 0.373 e. The van der Waals surface area contributed by atoms with Crippen molar-refractivity contribution in [2.75, 3.05) is 45.5 Å². The number of thioether (sulfide) groups is 1. The molecule has 1 aromatic rings. The van der Waals surface area contributed by atoms with Gasteiger partial charge in [0.1, 0.15) is 0 Å². The van der Waals surface area contributed by atoms with E-state index in [-0.39, 0.29) is 12.2 Å². The molecule has 0 aliphatic carbocycles. The lowest BCUT2D eigenvalue weighted by Gasteiger charge is -2.40. The molecule has 2 fully saturated rings. The van der Waals surface area contributed by atoms with Gasteiger partial charge in [0.2, 0.25) is 0 Å². The Balaban J connectivity index is 1.59. The Morgan fingerprint density at radius 1 is 1.19 bits per heavy atom. The van der Waals surface area contributed by atoms with Crippen LogP contribution in [0, 0.1) is 3.95 Å². The van der Waals surface area contributed by atoms with Gasteiger partial charge in [-0.1, -0.05) is 23.1 Å². The summed E-state index contributed by atoms with van der Waals surface area (Å²) in [5.41, 5.74) is 0. The fourth-order valence-corrected chi connectivity index (χ4v) is 6.72. The van der Waals surface area contributed by atoms with E-state index in [1.54, 1.807) is 20.4 Å². The molecule has 2 aliphatic rings. The lowest BCUT2D eigenvalue weighted by molar-refractivity contribution is -0.0458. The average molecular weight is 440 g/mol. The molecular weight excluding hydrogens is 414 g/mol. The fraction of sp³-hybridized carbons (Fsp3) is 0.857. The Morgan fingerprint density at radius 3 is 2.35 bits per heavy atom. The van der Waals surface area contributed by atoms with Crippen molar-refractivity contribution in [2.45, 2.75) is 37.1 Å². The molecular formula is C14H25N5O3S4. The molecule has 3 rings (SSSR count). The highest BCUT2D eigenvalue weighted by Crippen LogP contribution is 2.21. The first kappa shape index (κ1) is 20.6. The van der Waals surface area contributed by atoms with Gasteiger partial charge in [0, 0.05) is 39.3 Å². The molecule has 3 heterocycles. The third kappa shape index (κ3) is 4.66. The Morgan fingerprint density at radius 2 is 1.81 bits per heavy atom. The van der Waals surface area contributed by atoms with E-state index >= 15 is 0 Å². The van der Waals surface area contributed by atoms with E-state index in [0.29, 0.717) is 45.9 Å². The SMILES string of the molecule is CSc1nn(CN2CCN(S(=O)(=O)N3CC(C)OC(C)C3)CC2)c(=S)s1. The first-order chi connectivity index (χ1) is 12.3. The predicted molar refractivity (Wildman–Crippen MR) is 106 cm³/mol. The van der Waals surface area contributed by atoms with Gasteiger partial charge in [0.25, 0.3) is 10.2 Å². The zero-order valence-corrected chi connectivity index (χ0v) is 18.5. The van der Waals surface area contributed by atoms with Gasteiger partial charge in [0.05, 0.1) is 18.9 Å². The second-order valence-electron chi connectivity index (χ2n) is 6.58. The lowest BCUT2D eigenvalue weighted by Crippen LogP contribution is -2.57. The van der Waals surface area contributed by atoms with Crippen molar-refractivity contribution in [1.29, 1.82) is 0 Å². The Kier molecular flexibility index (Phi) is 6.76. The summed E-state index contributed by atoms with van der Waals surface area (Å²) in [6.45, 7) is 7.56. The fourth-order valence-electron chi connectivity index (χ4n) is 3.23. The average Bonchev–Trinajstić information content (AvgIpc) is 2.94. The third-order valence-electron chi connectivity index (χ3n) is 4.47. The maximum Gasteiger partial charge on any atom is 0.282 e. The number of aromatic nitrogens is 2.